The van der Waals surface area contributed by atoms with Crippen LogP contribution in [0.2, 0.25) is 5.02 Å². The fourth-order valence-electron chi connectivity index (χ4n) is 2.36. The third kappa shape index (κ3) is 3.42. The SMILES string of the molecule is COc1ccc(-c2cnc(SCc3c(F)cccc3Cl)n2C)cc1. The van der Waals surface area contributed by atoms with E-state index >= 15 is 0 Å². The lowest BCUT2D eigenvalue weighted by atomic mass is 10.1. The van der Waals surface area contributed by atoms with Gasteiger partial charge in [0.05, 0.1) is 19.0 Å². The molecule has 1 aromatic heterocycles. The summed E-state index contributed by atoms with van der Waals surface area (Å²) in [5, 5.41) is 1.24. The molecule has 0 aliphatic carbocycles. The molecule has 3 rings (SSSR count). The van der Waals surface area contributed by atoms with E-state index < -0.39 is 0 Å². The number of imidazole rings is 1. The van der Waals surface area contributed by atoms with Crippen molar-refractivity contribution in [3.8, 4) is 17.0 Å². The van der Waals surface area contributed by atoms with Gasteiger partial charge < -0.3 is 9.30 Å². The van der Waals surface area contributed by atoms with Gasteiger partial charge >= 0.3 is 0 Å². The van der Waals surface area contributed by atoms with Crippen LogP contribution < -0.4 is 4.74 Å². The van der Waals surface area contributed by atoms with Gasteiger partial charge in [-0.2, -0.15) is 0 Å². The molecule has 0 atom stereocenters. The van der Waals surface area contributed by atoms with Crippen molar-refractivity contribution >= 4 is 23.4 Å². The predicted octanol–water partition coefficient (Wildman–Crippen LogP) is 5.18. The minimum atomic E-state index is -0.292. The number of ether oxygens (including phenoxy) is 1. The molecular weight excluding hydrogens is 347 g/mol. The molecule has 0 radical (unpaired) electrons. The minimum absolute atomic E-state index is 0.292. The third-order valence-corrected chi connectivity index (χ3v) is 5.16. The summed E-state index contributed by atoms with van der Waals surface area (Å²) in [7, 11) is 3.58. The van der Waals surface area contributed by atoms with Gasteiger partial charge in [-0.25, -0.2) is 9.37 Å². The lowest BCUT2D eigenvalue weighted by Crippen LogP contribution is -1.96. The number of halogens is 2. The lowest BCUT2D eigenvalue weighted by Gasteiger charge is -2.08. The maximum Gasteiger partial charge on any atom is 0.168 e. The van der Waals surface area contributed by atoms with Crippen molar-refractivity contribution in [3.05, 3.63) is 65.1 Å². The summed E-state index contributed by atoms with van der Waals surface area (Å²) in [5.41, 5.74) is 2.53. The molecule has 0 saturated carbocycles. The summed E-state index contributed by atoms with van der Waals surface area (Å²) in [5.74, 6) is 0.947. The van der Waals surface area contributed by atoms with E-state index in [4.69, 9.17) is 16.3 Å². The van der Waals surface area contributed by atoms with Crippen LogP contribution >= 0.6 is 23.4 Å². The van der Waals surface area contributed by atoms with Gasteiger partial charge in [-0.05, 0) is 36.4 Å². The fraction of sp³-hybridized carbons (Fsp3) is 0.167. The van der Waals surface area contributed by atoms with Gasteiger partial charge in [0, 0.05) is 29.0 Å². The summed E-state index contributed by atoms with van der Waals surface area (Å²) in [6, 6.07) is 12.5. The van der Waals surface area contributed by atoms with E-state index in [1.54, 1.807) is 19.2 Å². The van der Waals surface area contributed by atoms with E-state index in [1.807, 2.05) is 42.1 Å². The molecule has 0 spiro atoms. The van der Waals surface area contributed by atoms with Crippen molar-refractivity contribution < 1.29 is 9.13 Å². The summed E-state index contributed by atoms with van der Waals surface area (Å²) in [6.45, 7) is 0. The largest absolute Gasteiger partial charge is 0.497 e. The molecule has 3 nitrogen and oxygen atoms in total. The average Bonchev–Trinajstić information content (AvgIpc) is 2.95. The highest BCUT2D eigenvalue weighted by Gasteiger charge is 2.12. The highest BCUT2D eigenvalue weighted by Crippen LogP contribution is 2.30. The molecule has 0 fully saturated rings. The Morgan fingerprint density at radius 2 is 1.96 bits per heavy atom. The van der Waals surface area contributed by atoms with Crippen molar-refractivity contribution in [2.24, 2.45) is 7.05 Å². The zero-order valence-corrected chi connectivity index (χ0v) is 14.9. The summed E-state index contributed by atoms with van der Waals surface area (Å²) < 4.78 is 21.0. The van der Waals surface area contributed by atoms with Crippen LogP contribution in [0.3, 0.4) is 0 Å². The van der Waals surface area contributed by atoms with Crippen molar-refractivity contribution in [2.75, 3.05) is 7.11 Å². The van der Waals surface area contributed by atoms with Crippen LogP contribution in [-0.2, 0) is 12.8 Å². The number of thioether (sulfide) groups is 1. The van der Waals surface area contributed by atoms with Gasteiger partial charge in [0.1, 0.15) is 11.6 Å². The smallest absolute Gasteiger partial charge is 0.168 e. The molecular formula is C18H16ClFN2OS. The molecule has 1 heterocycles. The third-order valence-electron chi connectivity index (χ3n) is 3.74. The second-order valence-corrected chi connectivity index (χ2v) is 6.55. The van der Waals surface area contributed by atoms with E-state index in [9.17, 15) is 4.39 Å². The first-order valence-electron chi connectivity index (χ1n) is 7.32. The van der Waals surface area contributed by atoms with E-state index in [0.717, 1.165) is 22.2 Å². The Balaban J connectivity index is 1.80. The van der Waals surface area contributed by atoms with Crippen LogP contribution in [0.1, 0.15) is 5.56 Å². The molecule has 6 heteroatoms. The number of methoxy groups -OCH3 is 1. The fourth-order valence-corrected chi connectivity index (χ4v) is 3.66. The number of hydrogen-bond donors (Lipinski definition) is 0. The Morgan fingerprint density at radius 3 is 2.62 bits per heavy atom. The van der Waals surface area contributed by atoms with E-state index in [-0.39, 0.29) is 5.82 Å². The number of hydrogen-bond acceptors (Lipinski definition) is 3. The van der Waals surface area contributed by atoms with Crippen LogP contribution in [0.15, 0.2) is 53.8 Å². The minimum Gasteiger partial charge on any atom is -0.497 e. The Morgan fingerprint density at radius 1 is 1.21 bits per heavy atom. The Kier molecular flexibility index (Phi) is 5.11. The highest BCUT2D eigenvalue weighted by molar-refractivity contribution is 7.98. The number of aromatic nitrogens is 2. The van der Waals surface area contributed by atoms with Crippen LogP contribution in [0, 0.1) is 5.82 Å². The normalized spacial score (nSPS) is 10.8. The quantitative estimate of drug-likeness (QED) is 0.585. The summed E-state index contributed by atoms with van der Waals surface area (Å²) in [4.78, 5) is 4.44. The molecule has 0 unspecified atom stereocenters. The molecule has 0 amide bonds. The van der Waals surface area contributed by atoms with E-state index in [0.29, 0.717) is 16.3 Å². The van der Waals surface area contributed by atoms with Gasteiger partial charge in [0.25, 0.3) is 0 Å². The molecule has 0 aliphatic heterocycles. The van der Waals surface area contributed by atoms with Crippen LogP contribution in [0.5, 0.6) is 5.75 Å². The maximum atomic E-state index is 13.9. The van der Waals surface area contributed by atoms with E-state index in [2.05, 4.69) is 4.98 Å². The van der Waals surface area contributed by atoms with Crippen LogP contribution in [0.4, 0.5) is 4.39 Å². The summed E-state index contributed by atoms with van der Waals surface area (Å²) >= 11 is 7.53. The standard InChI is InChI=1S/C18H16ClFN2OS/c1-22-17(12-6-8-13(23-2)9-7-12)10-21-18(22)24-11-14-15(19)4-3-5-16(14)20/h3-10H,11H2,1-2H3. The Bertz CT molecular complexity index is 828. The first kappa shape index (κ1) is 16.9. The van der Waals surface area contributed by atoms with Crippen molar-refractivity contribution in [2.45, 2.75) is 10.9 Å². The molecule has 3 aromatic rings. The molecule has 124 valence electrons. The van der Waals surface area contributed by atoms with Gasteiger partial charge in [-0.15, -0.1) is 0 Å². The second-order valence-electron chi connectivity index (χ2n) is 5.20. The van der Waals surface area contributed by atoms with E-state index in [1.165, 1.54) is 17.8 Å². The average molecular weight is 363 g/mol. The van der Waals surface area contributed by atoms with Gasteiger partial charge in [-0.3, -0.25) is 0 Å². The molecule has 0 saturated heterocycles. The molecule has 0 bridgehead atoms. The van der Waals surface area contributed by atoms with Crippen molar-refractivity contribution in [3.63, 3.8) is 0 Å². The molecule has 0 N–H and O–H groups in total. The highest BCUT2D eigenvalue weighted by atomic mass is 35.5. The lowest BCUT2D eigenvalue weighted by molar-refractivity contribution is 0.415. The van der Waals surface area contributed by atoms with Crippen molar-refractivity contribution in [1.82, 2.24) is 9.55 Å². The molecule has 0 aliphatic rings. The Labute approximate surface area is 149 Å². The monoisotopic (exact) mass is 362 g/mol. The second kappa shape index (κ2) is 7.28. The number of rotatable bonds is 5. The predicted molar refractivity (Wildman–Crippen MR) is 96.2 cm³/mol. The molecule has 2 aromatic carbocycles. The number of benzene rings is 2. The number of nitrogens with zero attached hydrogens (tertiary/aromatic N) is 2. The topological polar surface area (TPSA) is 27.1 Å². The van der Waals surface area contributed by atoms with Crippen molar-refractivity contribution in [1.29, 1.82) is 0 Å². The summed E-state index contributed by atoms with van der Waals surface area (Å²) in [6.07, 6.45) is 1.81. The zero-order chi connectivity index (χ0) is 17.1. The zero-order valence-electron chi connectivity index (χ0n) is 13.3. The maximum absolute atomic E-state index is 13.9. The first-order chi connectivity index (χ1) is 11.6. The van der Waals surface area contributed by atoms with Crippen LogP contribution in [-0.4, -0.2) is 16.7 Å². The van der Waals surface area contributed by atoms with Gasteiger partial charge in [0.2, 0.25) is 0 Å². The molecule has 24 heavy (non-hydrogen) atoms. The van der Waals surface area contributed by atoms with Crippen LogP contribution in [0.25, 0.3) is 11.3 Å². The Hall–Kier alpha value is -1.98. The first-order valence-corrected chi connectivity index (χ1v) is 8.68. The van der Waals surface area contributed by atoms with Gasteiger partial charge in [-0.1, -0.05) is 29.4 Å². The van der Waals surface area contributed by atoms with Gasteiger partial charge in [0.15, 0.2) is 5.16 Å².